The molecule has 0 fully saturated rings. The highest BCUT2D eigenvalue weighted by Gasteiger charge is 2.16. The first-order valence-electron chi connectivity index (χ1n) is 8.01. The Morgan fingerprint density at radius 3 is 2.79 bits per heavy atom. The highest BCUT2D eigenvalue weighted by molar-refractivity contribution is 7.09. The monoisotopic (exact) mass is 339 g/mol. The molecule has 1 atom stereocenters. The van der Waals surface area contributed by atoms with Gasteiger partial charge in [0.15, 0.2) is 0 Å². The van der Waals surface area contributed by atoms with E-state index in [9.17, 15) is 4.79 Å². The summed E-state index contributed by atoms with van der Waals surface area (Å²) >= 11 is 1.61. The van der Waals surface area contributed by atoms with Crippen molar-refractivity contribution < 1.29 is 4.79 Å². The molecule has 0 radical (unpaired) electrons. The van der Waals surface area contributed by atoms with Crippen LogP contribution in [0.5, 0.6) is 0 Å². The summed E-state index contributed by atoms with van der Waals surface area (Å²) in [4.78, 5) is 22.7. The average molecular weight is 339 g/mol. The highest BCUT2D eigenvalue weighted by atomic mass is 32.1. The van der Waals surface area contributed by atoms with Crippen LogP contribution in [-0.4, -0.2) is 21.9 Å². The molecule has 24 heavy (non-hydrogen) atoms. The van der Waals surface area contributed by atoms with Gasteiger partial charge in [0.1, 0.15) is 0 Å². The molecule has 0 saturated heterocycles. The fourth-order valence-corrected chi connectivity index (χ4v) is 3.57. The minimum Gasteiger partial charge on any atom is -0.349 e. The Labute approximate surface area is 146 Å². The van der Waals surface area contributed by atoms with E-state index in [1.807, 2.05) is 43.8 Å². The van der Waals surface area contributed by atoms with Crippen molar-refractivity contribution in [3.05, 3.63) is 57.2 Å². The van der Waals surface area contributed by atoms with Gasteiger partial charge in [-0.2, -0.15) is 0 Å². The third kappa shape index (κ3) is 3.31. The van der Waals surface area contributed by atoms with E-state index < -0.39 is 0 Å². The minimum atomic E-state index is -0.0502. The van der Waals surface area contributed by atoms with Crippen LogP contribution in [0, 0.1) is 20.8 Å². The van der Waals surface area contributed by atoms with E-state index in [1.54, 1.807) is 11.3 Å². The maximum atomic E-state index is 12.8. The van der Waals surface area contributed by atoms with Crippen LogP contribution in [0.3, 0.4) is 0 Å². The highest BCUT2D eigenvalue weighted by Crippen LogP contribution is 2.24. The van der Waals surface area contributed by atoms with E-state index in [0.29, 0.717) is 5.56 Å². The smallest absolute Gasteiger partial charge is 0.252 e. The largest absolute Gasteiger partial charge is 0.349 e. The summed E-state index contributed by atoms with van der Waals surface area (Å²) < 4.78 is 0. The van der Waals surface area contributed by atoms with Crippen LogP contribution in [0.25, 0.3) is 10.9 Å². The average Bonchev–Trinajstić information content (AvgIpc) is 3.03. The van der Waals surface area contributed by atoms with Gasteiger partial charge in [-0.1, -0.05) is 12.1 Å². The molecule has 4 nitrogen and oxygen atoms in total. The molecule has 3 aromatic rings. The van der Waals surface area contributed by atoms with Crippen LogP contribution in [0.4, 0.5) is 0 Å². The summed E-state index contributed by atoms with van der Waals surface area (Å²) in [6.07, 6.45) is 2.64. The van der Waals surface area contributed by atoms with Crippen LogP contribution in [0.15, 0.2) is 29.9 Å². The van der Waals surface area contributed by atoms with Crippen molar-refractivity contribution in [3.63, 3.8) is 0 Å². The molecule has 1 N–H and O–H groups in total. The van der Waals surface area contributed by atoms with Gasteiger partial charge in [-0.05, 0) is 44.9 Å². The van der Waals surface area contributed by atoms with E-state index in [4.69, 9.17) is 0 Å². The fraction of sp³-hybridized carbons (Fsp3) is 0.316. The summed E-state index contributed by atoms with van der Waals surface area (Å²) in [7, 11) is 0. The SMILES string of the molecule is Cc1cc(C(=O)NC(C)Cc2cncs2)c2ccc(C)c(C)c2n1. The van der Waals surface area contributed by atoms with E-state index in [-0.39, 0.29) is 11.9 Å². The number of aromatic nitrogens is 2. The molecule has 0 aliphatic heterocycles. The number of carbonyl (C=O) groups is 1. The number of rotatable bonds is 4. The molecule has 2 aromatic heterocycles. The summed E-state index contributed by atoms with van der Waals surface area (Å²) in [5.41, 5.74) is 6.59. The third-order valence-corrected chi connectivity index (χ3v) is 5.05. The zero-order valence-electron chi connectivity index (χ0n) is 14.4. The number of pyridine rings is 1. The molecule has 1 aromatic carbocycles. The Morgan fingerprint density at radius 2 is 2.08 bits per heavy atom. The molecule has 0 bridgehead atoms. The Kier molecular flexibility index (Phi) is 4.62. The van der Waals surface area contributed by atoms with Gasteiger partial charge < -0.3 is 5.32 Å². The first-order valence-corrected chi connectivity index (χ1v) is 8.89. The molecule has 0 saturated carbocycles. The standard InChI is InChI=1S/C19H21N3OS/c1-11-5-6-16-17(8-13(3)21-18(16)14(11)4)19(23)22-12(2)7-15-9-20-10-24-15/h5-6,8-10,12H,7H2,1-4H3,(H,22,23). The number of carbonyl (C=O) groups excluding carboxylic acids is 1. The number of aryl methyl sites for hydroxylation is 3. The van der Waals surface area contributed by atoms with Crippen molar-refractivity contribution in [2.24, 2.45) is 0 Å². The van der Waals surface area contributed by atoms with E-state index in [0.717, 1.165) is 28.6 Å². The normalized spacial score (nSPS) is 12.3. The Hall–Kier alpha value is -2.27. The minimum absolute atomic E-state index is 0.0491. The van der Waals surface area contributed by atoms with Crippen molar-refractivity contribution in [1.29, 1.82) is 0 Å². The molecule has 5 heteroatoms. The quantitative estimate of drug-likeness (QED) is 0.782. The van der Waals surface area contributed by atoms with E-state index in [2.05, 4.69) is 29.1 Å². The molecule has 0 aliphatic rings. The molecule has 0 aliphatic carbocycles. The van der Waals surface area contributed by atoms with Crippen LogP contribution in [0.2, 0.25) is 0 Å². The van der Waals surface area contributed by atoms with E-state index >= 15 is 0 Å². The number of nitrogens with zero attached hydrogens (tertiary/aromatic N) is 2. The van der Waals surface area contributed by atoms with Crippen molar-refractivity contribution in [2.45, 2.75) is 40.2 Å². The molecular formula is C19H21N3OS. The summed E-state index contributed by atoms with van der Waals surface area (Å²) in [6.45, 7) is 8.07. The Balaban J connectivity index is 1.90. The Morgan fingerprint density at radius 1 is 1.29 bits per heavy atom. The lowest BCUT2D eigenvalue weighted by atomic mass is 10.0. The first kappa shape index (κ1) is 16.6. The van der Waals surface area contributed by atoms with Gasteiger partial charge in [0.05, 0.1) is 16.6 Å². The van der Waals surface area contributed by atoms with Crippen LogP contribution in [-0.2, 0) is 6.42 Å². The maximum Gasteiger partial charge on any atom is 0.252 e. The number of thiazole rings is 1. The van der Waals surface area contributed by atoms with Crippen LogP contribution >= 0.6 is 11.3 Å². The second-order valence-corrected chi connectivity index (χ2v) is 7.23. The summed E-state index contributed by atoms with van der Waals surface area (Å²) in [5.74, 6) is -0.0502. The second-order valence-electron chi connectivity index (χ2n) is 6.26. The zero-order chi connectivity index (χ0) is 17.3. The fourth-order valence-electron chi connectivity index (χ4n) is 2.84. The van der Waals surface area contributed by atoms with Crippen LogP contribution in [0.1, 0.15) is 39.0 Å². The predicted octanol–water partition coefficient (Wildman–Crippen LogP) is 3.98. The lowest BCUT2D eigenvalue weighted by molar-refractivity contribution is 0.0941. The van der Waals surface area contributed by atoms with Gasteiger partial charge in [-0.3, -0.25) is 14.8 Å². The molecule has 3 rings (SSSR count). The van der Waals surface area contributed by atoms with Crippen molar-refractivity contribution >= 4 is 28.1 Å². The first-order chi connectivity index (χ1) is 11.5. The van der Waals surface area contributed by atoms with Gasteiger partial charge in [-0.15, -0.1) is 11.3 Å². The van der Waals surface area contributed by atoms with Crippen LogP contribution < -0.4 is 5.32 Å². The van der Waals surface area contributed by atoms with E-state index in [1.165, 1.54) is 10.4 Å². The lowest BCUT2D eigenvalue weighted by Crippen LogP contribution is -2.34. The Bertz CT molecular complexity index is 887. The summed E-state index contributed by atoms with van der Waals surface area (Å²) in [6, 6.07) is 5.96. The van der Waals surface area contributed by atoms with Gasteiger partial charge >= 0.3 is 0 Å². The molecule has 2 heterocycles. The lowest BCUT2D eigenvalue weighted by Gasteiger charge is -2.15. The predicted molar refractivity (Wildman–Crippen MR) is 98.7 cm³/mol. The number of benzene rings is 1. The zero-order valence-corrected chi connectivity index (χ0v) is 15.2. The molecule has 124 valence electrons. The number of nitrogens with one attached hydrogen (secondary N) is 1. The molecule has 1 amide bonds. The van der Waals surface area contributed by atoms with Crippen molar-refractivity contribution in [1.82, 2.24) is 15.3 Å². The third-order valence-electron chi connectivity index (χ3n) is 4.25. The van der Waals surface area contributed by atoms with Gasteiger partial charge in [0.25, 0.3) is 5.91 Å². The van der Waals surface area contributed by atoms with Gasteiger partial charge in [0.2, 0.25) is 0 Å². The molecule has 0 spiro atoms. The molecule has 1 unspecified atom stereocenters. The van der Waals surface area contributed by atoms with Crippen molar-refractivity contribution in [2.75, 3.05) is 0 Å². The number of fused-ring (bicyclic) bond motifs is 1. The van der Waals surface area contributed by atoms with Crippen molar-refractivity contribution in [3.8, 4) is 0 Å². The van der Waals surface area contributed by atoms with Gasteiger partial charge in [-0.25, -0.2) is 0 Å². The number of hydrogen-bond acceptors (Lipinski definition) is 4. The number of hydrogen-bond donors (Lipinski definition) is 1. The molecular weight excluding hydrogens is 318 g/mol. The topological polar surface area (TPSA) is 54.9 Å². The van der Waals surface area contributed by atoms with Gasteiger partial charge in [0, 0.05) is 34.6 Å². The number of amides is 1. The second kappa shape index (κ2) is 6.69. The maximum absolute atomic E-state index is 12.8. The summed E-state index contributed by atoms with van der Waals surface area (Å²) in [5, 5.41) is 4.01.